The fourth-order valence-corrected chi connectivity index (χ4v) is 2.19. The smallest absolute Gasteiger partial charge is 0.255 e. The van der Waals surface area contributed by atoms with Crippen LogP contribution in [0.15, 0.2) is 48.5 Å². The molecule has 0 aromatic heterocycles. The number of carbonyl (C=O) groups excluding carboxylic acids is 2. The van der Waals surface area contributed by atoms with Crippen molar-refractivity contribution in [3.05, 3.63) is 54.1 Å². The van der Waals surface area contributed by atoms with Crippen molar-refractivity contribution in [2.75, 3.05) is 18.5 Å². The van der Waals surface area contributed by atoms with Crippen LogP contribution in [0.1, 0.15) is 18.9 Å². The highest BCUT2D eigenvalue weighted by molar-refractivity contribution is 5.90. The second-order valence-corrected chi connectivity index (χ2v) is 5.40. The first-order chi connectivity index (χ1) is 12.1. The van der Waals surface area contributed by atoms with Crippen LogP contribution in [0.25, 0.3) is 0 Å². The lowest BCUT2D eigenvalue weighted by atomic mass is 10.1. The van der Waals surface area contributed by atoms with E-state index in [1.165, 1.54) is 0 Å². The monoisotopic (exact) mass is 342 g/mol. The van der Waals surface area contributed by atoms with Gasteiger partial charge in [0.1, 0.15) is 11.5 Å². The number of hydrogen-bond acceptors (Lipinski definition) is 4. The van der Waals surface area contributed by atoms with Crippen molar-refractivity contribution in [2.45, 2.75) is 19.8 Å². The van der Waals surface area contributed by atoms with Crippen LogP contribution in [0.4, 0.5) is 5.69 Å². The Kier molecular flexibility index (Phi) is 6.83. The first-order valence-corrected chi connectivity index (χ1v) is 8.09. The second-order valence-electron chi connectivity index (χ2n) is 5.40. The Balaban J connectivity index is 1.78. The molecule has 2 rings (SSSR count). The number of rotatable bonds is 9. The maximum atomic E-state index is 12.0. The van der Waals surface area contributed by atoms with E-state index in [0.717, 1.165) is 11.3 Å². The maximum Gasteiger partial charge on any atom is 0.255 e. The van der Waals surface area contributed by atoms with Crippen LogP contribution in [0.2, 0.25) is 0 Å². The maximum absolute atomic E-state index is 12.0. The van der Waals surface area contributed by atoms with Crippen LogP contribution in [0.5, 0.6) is 11.5 Å². The number of anilines is 1. The number of carbonyl (C=O) groups is 2. The summed E-state index contributed by atoms with van der Waals surface area (Å²) in [6.07, 6.45) is 1.03. The van der Waals surface area contributed by atoms with E-state index < -0.39 is 5.91 Å². The molecule has 0 aliphatic rings. The van der Waals surface area contributed by atoms with Gasteiger partial charge in [-0.15, -0.1) is 0 Å². The molecular weight excluding hydrogens is 320 g/mol. The Morgan fingerprint density at radius 2 is 1.56 bits per heavy atom. The summed E-state index contributed by atoms with van der Waals surface area (Å²) in [6.45, 7) is 2.40. The molecule has 6 nitrogen and oxygen atoms in total. The molecule has 0 aliphatic carbocycles. The third-order valence-corrected chi connectivity index (χ3v) is 3.39. The lowest BCUT2D eigenvalue weighted by Gasteiger charge is -2.08. The minimum atomic E-state index is -0.535. The summed E-state index contributed by atoms with van der Waals surface area (Å²) >= 11 is 0. The van der Waals surface area contributed by atoms with Crippen molar-refractivity contribution in [3.63, 3.8) is 0 Å². The molecule has 0 bridgehead atoms. The Morgan fingerprint density at radius 3 is 2.16 bits per heavy atom. The molecule has 6 heteroatoms. The molecule has 2 aromatic carbocycles. The van der Waals surface area contributed by atoms with E-state index >= 15 is 0 Å². The molecule has 25 heavy (non-hydrogen) atoms. The fourth-order valence-electron chi connectivity index (χ4n) is 2.19. The van der Waals surface area contributed by atoms with Crippen LogP contribution >= 0.6 is 0 Å². The van der Waals surface area contributed by atoms with Crippen molar-refractivity contribution in [1.82, 2.24) is 0 Å². The zero-order valence-corrected chi connectivity index (χ0v) is 14.2. The fraction of sp³-hybridized carbons (Fsp3) is 0.263. The number of nitrogens with one attached hydrogen (secondary N) is 1. The molecule has 0 aliphatic heterocycles. The van der Waals surface area contributed by atoms with Gasteiger partial charge >= 0.3 is 0 Å². The number of amides is 2. The third kappa shape index (κ3) is 6.55. The summed E-state index contributed by atoms with van der Waals surface area (Å²) in [7, 11) is 0. The predicted molar refractivity (Wildman–Crippen MR) is 95.7 cm³/mol. The van der Waals surface area contributed by atoms with E-state index in [1.807, 2.05) is 31.2 Å². The molecule has 3 N–H and O–H groups in total. The van der Waals surface area contributed by atoms with Crippen LogP contribution in [0, 0.1) is 0 Å². The molecule has 0 unspecified atom stereocenters. The van der Waals surface area contributed by atoms with Crippen molar-refractivity contribution in [3.8, 4) is 11.5 Å². The normalized spacial score (nSPS) is 10.1. The van der Waals surface area contributed by atoms with Gasteiger partial charge in [0.05, 0.1) is 6.61 Å². The van der Waals surface area contributed by atoms with Crippen molar-refractivity contribution in [2.24, 2.45) is 5.73 Å². The highest BCUT2D eigenvalue weighted by atomic mass is 16.5. The van der Waals surface area contributed by atoms with E-state index in [-0.39, 0.29) is 12.5 Å². The molecule has 2 amide bonds. The summed E-state index contributed by atoms with van der Waals surface area (Å²) in [5, 5.41) is 2.83. The van der Waals surface area contributed by atoms with Crippen LogP contribution in [-0.4, -0.2) is 25.0 Å². The van der Waals surface area contributed by atoms with E-state index in [4.69, 9.17) is 15.2 Å². The summed E-state index contributed by atoms with van der Waals surface area (Å²) < 4.78 is 10.6. The first kappa shape index (κ1) is 18.3. The summed E-state index contributed by atoms with van der Waals surface area (Å²) in [5.74, 6) is 0.742. The Hall–Kier alpha value is -3.02. The van der Waals surface area contributed by atoms with E-state index in [1.54, 1.807) is 24.3 Å². The molecule has 0 radical (unpaired) electrons. The molecule has 132 valence electrons. The van der Waals surface area contributed by atoms with E-state index in [9.17, 15) is 9.59 Å². The lowest BCUT2D eigenvalue weighted by molar-refractivity contribution is -0.120. The van der Waals surface area contributed by atoms with Gasteiger partial charge in [0.25, 0.3) is 5.91 Å². The quantitative estimate of drug-likeness (QED) is 0.732. The number of nitrogens with two attached hydrogens (primary N) is 1. The zero-order chi connectivity index (χ0) is 18.1. The highest BCUT2D eigenvalue weighted by Crippen LogP contribution is 2.17. The van der Waals surface area contributed by atoms with E-state index in [0.29, 0.717) is 30.9 Å². The van der Waals surface area contributed by atoms with Gasteiger partial charge in [-0.1, -0.05) is 12.1 Å². The first-order valence-electron chi connectivity index (χ1n) is 8.09. The van der Waals surface area contributed by atoms with Crippen LogP contribution in [0.3, 0.4) is 0 Å². The van der Waals surface area contributed by atoms with Gasteiger partial charge < -0.3 is 20.5 Å². The Bertz CT molecular complexity index is 696. The molecule has 0 spiro atoms. The average Bonchev–Trinajstić information content (AvgIpc) is 2.61. The summed E-state index contributed by atoms with van der Waals surface area (Å²) in [5.41, 5.74) is 6.76. The standard InChI is InChI=1S/C19H22N2O4/c1-2-24-16-8-3-14(4-9-16)5-12-19(23)21-15-6-10-17(11-7-15)25-13-18(20)22/h3-4,6-11H,2,5,12-13H2,1H3,(H2,20,22)(H,21,23). The van der Waals surface area contributed by atoms with Gasteiger partial charge in [-0.25, -0.2) is 0 Å². The van der Waals surface area contributed by atoms with Gasteiger partial charge in [-0.05, 0) is 55.3 Å². The SMILES string of the molecule is CCOc1ccc(CCC(=O)Nc2ccc(OCC(N)=O)cc2)cc1. The number of benzene rings is 2. The van der Waals surface area contributed by atoms with Crippen molar-refractivity contribution in [1.29, 1.82) is 0 Å². The third-order valence-electron chi connectivity index (χ3n) is 3.39. The molecule has 0 saturated carbocycles. The van der Waals surface area contributed by atoms with Gasteiger partial charge in [-0.2, -0.15) is 0 Å². The number of primary amides is 1. The van der Waals surface area contributed by atoms with Crippen molar-refractivity contribution < 1.29 is 19.1 Å². The van der Waals surface area contributed by atoms with Gasteiger partial charge in [0.15, 0.2) is 6.61 Å². The molecule has 0 saturated heterocycles. The predicted octanol–water partition coefficient (Wildman–Crippen LogP) is 2.52. The van der Waals surface area contributed by atoms with Gasteiger partial charge in [0, 0.05) is 12.1 Å². The summed E-state index contributed by atoms with van der Waals surface area (Å²) in [4.78, 5) is 22.7. The minimum absolute atomic E-state index is 0.0697. The molecular formula is C19H22N2O4. The van der Waals surface area contributed by atoms with Gasteiger partial charge in [-0.3, -0.25) is 9.59 Å². The molecule has 2 aromatic rings. The number of ether oxygens (including phenoxy) is 2. The molecule has 0 fully saturated rings. The highest BCUT2D eigenvalue weighted by Gasteiger charge is 2.05. The number of aryl methyl sites for hydroxylation is 1. The summed E-state index contributed by atoms with van der Waals surface area (Å²) in [6, 6.07) is 14.5. The Labute approximate surface area is 146 Å². The molecule has 0 atom stereocenters. The second kappa shape index (κ2) is 9.32. The minimum Gasteiger partial charge on any atom is -0.494 e. The zero-order valence-electron chi connectivity index (χ0n) is 14.2. The average molecular weight is 342 g/mol. The van der Waals surface area contributed by atoms with Crippen molar-refractivity contribution >= 4 is 17.5 Å². The van der Waals surface area contributed by atoms with Gasteiger partial charge in [0.2, 0.25) is 5.91 Å². The lowest BCUT2D eigenvalue weighted by Crippen LogP contribution is -2.20. The van der Waals surface area contributed by atoms with Crippen LogP contribution < -0.4 is 20.5 Å². The number of hydrogen-bond donors (Lipinski definition) is 2. The topological polar surface area (TPSA) is 90.7 Å². The van der Waals surface area contributed by atoms with E-state index in [2.05, 4.69) is 5.32 Å². The van der Waals surface area contributed by atoms with Crippen LogP contribution in [-0.2, 0) is 16.0 Å². The largest absolute Gasteiger partial charge is 0.494 e. The Morgan fingerprint density at radius 1 is 0.960 bits per heavy atom. The molecule has 0 heterocycles.